The Morgan fingerprint density at radius 1 is 1.08 bits per heavy atom. The van der Waals surface area contributed by atoms with Crippen LogP contribution in [-0.4, -0.2) is 54.0 Å². The summed E-state index contributed by atoms with van der Waals surface area (Å²) in [6.07, 6.45) is -2.22. The number of aromatic nitrogens is 2. The van der Waals surface area contributed by atoms with Crippen molar-refractivity contribution in [3.63, 3.8) is 0 Å². The summed E-state index contributed by atoms with van der Waals surface area (Å²) in [5.41, 5.74) is 6.70. The van der Waals surface area contributed by atoms with Crippen molar-refractivity contribution in [2.75, 3.05) is 43.1 Å². The molecule has 1 atom stereocenters. The molecule has 7 nitrogen and oxygen atoms in total. The van der Waals surface area contributed by atoms with E-state index in [1.165, 1.54) is 18.2 Å². The number of carbonyl (C=O) groups excluding carboxylic acids is 1. The van der Waals surface area contributed by atoms with E-state index in [9.17, 15) is 22.4 Å². The minimum absolute atomic E-state index is 0.0283. The number of anilines is 3. The Balaban J connectivity index is 1.48. The molecule has 39 heavy (non-hydrogen) atoms. The van der Waals surface area contributed by atoms with Gasteiger partial charge in [0.1, 0.15) is 5.82 Å². The number of nitrogens with zero attached hydrogens (tertiary/aromatic N) is 4. The van der Waals surface area contributed by atoms with Crippen molar-refractivity contribution in [2.24, 2.45) is 0 Å². The molecule has 1 aliphatic rings. The quantitative estimate of drug-likeness (QED) is 0.330. The number of nitrogens with two attached hydrogens (primary N) is 1. The number of benzene rings is 3. The van der Waals surface area contributed by atoms with Crippen LogP contribution in [0.25, 0.3) is 22.0 Å². The Bertz CT molecular complexity index is 1560. The highest BCUT2D eigenvalue weighted by Gasteiger charge is 2.33. The molecule has 1 aliphatic heterocycles. The number of nitrogen functional groups attached to an aromatic ring is 1. The number of halogens is 4. The normalized spacial score (nSPS) is 15.8. The van der Waals surface area contributed by atoms with Crippen LogP contribution < -0.4 is 16.0 Å². The fourth-order valence-corrected chi connectivity index (χ4v) is 4.77. The molecule has 3 aromatic carbocycles. The first-order valence-electron chi connectivity index (χ1n) is 12.3. The molecule has 4 aromatic rings. The second kappa shape index (κ2) is 10.1. The van der Waals surface area contributed by atoms with E-state index in [2.05, 4.69) is 20.2 Å². The largest absolute Gasteiger partial charge is 0.416 e. The van der Waals surface area contributed by atoms with Crippen LogP contribution in [0.5, 0.6) is 0 Å². The molecular weight excluding hydrogens is 512 g/mol. The summed E-state index contributed by atoms with van der Waals surface area (Å²) in [7, 11) is 3.88. The SMILES string of the molecule is CN(C)C1CCN(c2ccc(C(F)(F)F)cc2NC(=O)c2cc(-c3ccc4nc(N)ncc4c3)ccc2F)C1. The maximum atomic E-state index is 14.9. The molecule has 0 bridgehead atoms. The molecule has 11 heteroatoms. The van der Waals surface area contributed by atoms with E-state index in [1.807, 2.05) is 19.0 Å². The summed E-state index contributed by atoms with van der Waals surface area (Å²) >= 11 is 0. The predicted molar refractivity (Wildman–Crippen MR) is 143 cm³/mol. The number of likely N-dealkylation sites (N-methyl/N-ethyl adjacent to an activating group) is 1. The van der Waals surface area contributed by atoms with E-state index >= 15 is 0 Å². The molecule has 0 spiro atoms. The van der Waals surface area contributed by atoms with Crippen molar-refractivity contribution >= 4 is 34.1 Å². The van der Waals surface area contributed by atoms with Crippen LogP contribution in [-0.2, 0) is 6.18 Å². The average Bonchev–Trinajstić information content (AvgIpc) is 3.39. The predicted octanol–water partition coefficient (Wildman–Crippen LogP) is 5.43. The summed E-state index contributed by atoms with van der Waals surface area (Å²) < 4.78 is 55.5. The lowest BCUT2D eigenvalue weighted by Gasteiger charge is -2.25. The molecule has 1 fully saturated rings. The van der Waals surface area contributed by atoms with E-state index in [1.54, 1.807) is 24.4 Å². The number of nitrogens with one attached hydrogen (secondary N) is 1. The van der Waals surface area contributed by atoms with Gasteiger partial charge in [-0.1, -0.05) is 12.1 Å². The van der Waals surface area contributed by atoms with E-state index in [0.29, 0.717) is 40.8 Å². The minimum atomic E-state index is -4.61. The van der Waals surface area contributed by atoms with Gasteiger partial charge in [-0.25, -0.2) is 14.4 Å². The standard InChI is InChI=1S/C28H26F4N6O/c1-37(2)20-9-10-38(15-20)25-8-5-19(28(30,31)32)13-24(25)35-26(39)21-12-17(3-6-22(21)29)16-4-7-23-18(11-16)14-34-27(33)36-23/h3-8,11-14,20H,9-10,15H2,1-2H3,(H,35,39)(H2,33,34,36). The molecule has 1 unspecified atom stereocenters. The second-order valence-electron chi connectivity index (χ2n) is 9.73. The topological polar surface area (TPSA) is 87.4 Å². The second-order valence-corrected chi connectivity index (χ2v) is 9.73. The van der Waals surface area contributed by atoms with Crippen LogP contribution in [0.3, 0.4) is 0 Å². The highest BCUT2D eigenvalue weighted by atomic mass is 19.4. The third-order valence-corrected chi connectivity index (χ3v) is 6.95. The number of carbonyl (C=O) groups is 1. The lowest BCUT2D eigenvalue weighted by molar-refractivity contribution is -0.137. The van der Waals surface area contributed by atoms with Crippen LogP contribution in [0, 0.1) is 5.82 Å². The van der Waals surface area contributed by atoms with E-state index in [-0.39, 0.29) is 23.2 Å². The van der Waals surface area contributed by atoms with Crippen LogP contribution >= 0.6 is 0 Å². The van der Waals surface area contributed by atoms with Gasteiger partial charge in [0.15, 0.2) is 0 Å². The third kappa shape index (κ3) is 5.49. The van der Waals surface area contributed by atoms with Gasteiger partial charge in [0, 0.05) is 30.7 Å². The Hall–Kier alpha value is -4.25. The summed E-state index contributed by atoms with van der Waals surface area (Å²) in [5, 5.41) is 3.25. The lowest BCUT2D eigenvalue weighted by atomic mass is 10.0. The number of amides is 1. The highest BCUT2D eigenvalue weighted by Crippen LogP contribution is 2.37. The van der Waals surface area contributed by atoms with Crippen LogP contribution in [0.15, 0.2) is 60.8 Å². The first kappa shape index (κ1) is 26.4. The van der Waals surface area contributed by atoms with Crippen molar-refractivity contribution in [3.05, 3.63) is 77.7 Å². The lowest BCUT2D eigenvalue weighted by Crippen LogP contribution is -2.31. The van der Waals surface area contributed by atoms with Gasteiger partial charge < -0.3 is 20.9 Å². The summed E-state index contributed by atoms with van der Waals surface area (Å²) in [5.74, 6) is -1.51. The molecule has 1 saturated heterocycles. The maximum Gasteiger partial charge on any atom is 0.416 e. The Kier molecular flexibility index (Phi) is 6.85. The minimum Gasteiger partial charge on any atom is -0.368 e. The zero-order valence-corrected chi connectivity index (χ0v) is 21.3. The number of hydrogen-bond donors (Lipinski definition) is 2. The summed E-state index contributed by atoms with van der Waals surface area (Å²) in [6.45, 7) is 1.20. The molecule has 0 aliphatic carbocycles. The number of alkyl halides is 3. The molecule has 2 heterocycles. The smallest absolute Gasteiger partial charge is 0.368 e. The molecule has 1 aromatic heterocycles. The average molecular weight is 539 g/mol. The molecule has 202 valence electrons. The molecule has 1 amide bonds. The zero-order chi connectivity index (χ0) is 27.9. The van der Waals surface area contributed by atoms with Gasteiger partial charge in [0.25, 0.3) is 5.91 Å². The number of hydrogen-bond acceptors (Lipinski definition) is 6. The van der Waals surface area contributed by atoms with Gasteiger partial charge in [0.05, 0.1) is 28.0 Å². The van der Waals surface area contributed by atoms with E-state index < -0.39 is 23.5 Å². The fraction of sp³-hybridized carbons (Fsp3) is 0.250. The zero-order valence-electron chi connectivity index (χ0n) is 21.3. The fourth-order valence-electron chi connectivity index (χ4n) is 4.77. The first-order valence-corrected chi connectivity index (χ1v) is 12.3. The molecular formula is C28H26F4N6O. The highest BCUT2D eigenvalue weighted by molar-refractivity contribution is 6.07. The van der Waals surface area contributed by atoms with Gasteiger partial charge in [0.2, 0.25) is 5.95 Å². The van der Waals surface area contributed by atoms with E-state index in [4.69, 9.17) is 5.73 Å². The van der Waals surface area contributed by atoms with E-state index in [0.717, 1.165) is 24.6 Å². The first-order chi connectivity index (χ1) is 18.5. The molecule has 5 rings (SSSR count). The molecule has 0 saturated carbocycles. The van der Waals surface area contributed by atoms with Gasteiger partial charge in [-0.3, -0.25) is 4.79 Å². The van der Waals surface area contributed by atoms with Crippen molar-refractivity contribution in [1.82, 2.24) is 14.9 Å². The van der Waals surface area contributed by atoms with Gasteiger partial charge >= 0.3 is 6.18 Å². The monoisotopic (exact) mass is 538 g/mol. The van der Waals surface area contributed by atoms with Crippen molar-refractivity contribution in [3.8, 4) is 11.1 Å². The van der Waals surface area contributed by atoms with Gasteiger partial charge in [-0.15, -0.1) is 0 Å². The van der Waals surface area contributed by atoms with Gasteiger partial charge in [-0.2, -0.15) is 13.2 Å². The number of rotatable bonds is 5. The van der Waals surface area contributed by atoms with Crippen LogP contribution in [0.4, 0.5) is 34.9 Å². The van der Waals surface area contributed by atoms with Crippen molar-refractivity contribution in [1.29, 1.82) is 0 Å². The Morgan fingerprint density at radius 3 is 2.54 bits per heavy atom. The summed E-state index contributed by atoms with van der Waals surface area (Å²) in [4.78, 5) is 25.4. The summed E-state index contributed by atoms with van der Waals surface area (Å²) in [6, 6.07) is 12.8. The maximum absolute atomic E-state index is 14.9. The Labute approximate surface area is 222 Å². The third-order valence-electron chi connectivity index (χ3n) is 6.95. The van der Waals surface area contributed by atoms with Crippen molar-refractivity contribution < 1.29 is 22.4 Å². The van der Waals surface area contributed by atoms with Crippen molar-refractivity contribution in [2.45, 2.75) is 18.6 Å². The molecule has 0 radical (unpaired) electrons. The number of fused-ring (bicyclic) bond motifs is 1. The van der Waals surface area contributed by atoms with Gasteiger partial charge in [-0.05, 0) is 74.1 Å². The van der Waals surface area contributed by atoms with Crippen LogP contribution in [0.1, 0.15) is 22.3 Å². The Morgan fingerprint density at radius 2 is 1.82 bits per heavy atom. The molecule has 3 N–H and O–H groups in total. The van der Waals surface area contributed by atoms with Crippen LogP contribution in [0.2, 0.25) is 0 Å².